The number of halogens is 2. The summed E-state index contributed by atoms with van der Waals surface area (Å²) in [5.41, 5.74) is 0.467. The van der Waals surface area contributed by atoms with Crippen molar-refractivity contribution >= 4 is 28.5 Å². The Bertz CT molecular complexity index is 539. The first-order valence-corrected chi connectivity index (χ1v) is 7.33. The molecule has 0 N–H and O–H groups in total. The summed E-state index contributed by atoms with van der Waals surface area (Å²) in [6.45, 7) is 1.11. The third-order valence-electron chi connectivity index (χ3n) is 2.94. The predicted molar refractivity (Wildman–Crippen MR) is 77.0 cm³/mol. The molecule has 1 fully saturated rings. The smallest absolute Gasteiger partial charge is 0.272 e. The van der Waals surface area contributed by atoms with Crippen LogP contribution < -0.4 is 9.64 Å². The quantitative estimate of drug-likeness (QED) is 0.838. The Morgan fingerprint density at radius 2 is 2.19 bits per heavy atom. The Labute approximate surface area is 125 Å². The molecule has 0 aliphatic carbocycles. The van der Waals surface area contributed by atoms with Crippen molar-refractivity contribution in [2.24, 2.45) is 0 Å². The van der Waals surface area contributed by atoms with E-state index in [0.717, 1.165) is 11.8 Å². The van der Waals surface area contributed by atoms with Crippen LogP contribution in [0.5, 0.6) is 5.75 Å². The highest BCUT2D eigenvalue weighted by atomic mass is 32.2. The van der Waals surface area contributed by atoms with Gasteiger partial charge in [0.15, 0.2) is 5.12 Å². The summed E-state index contributed by atoms with van der Waals surface area (Å²) >= 11 is 1.13. The summed E-state index contributed by atoms with van der Waals surface area (Å²) in [5.74, 6) is 0.112. The Balaban J connectivity index is 2.14. The number of carbonyl (C=O) groups excluding carboxylic acids is 2. The van der Waals surface area contributed by atoms with Crippen LogP contribution in [0.2, 0.25) is 0 Å². The zero-order valence-corrected chi connectivity index (χ0v) is 12.2. The van der Waals surface area contributed by atoms with E-state index >= 15 is 0 Å². The number of benzene rings is 1. The number of carbonyl (C=O) groups is 2. The first-order valence-electron chi connectivity index (χ1n) is 6.45. The largest absolute Gasteiger partial charge is 0.485 e. The summed E-state index contributed by atoms with van der Waals surface area (Å²) in [6.07, 6.45) is -2.32. The SMILES string of the molecule is CC(=O)SC1CC(=O)N(c2ccccc2OCC(F)F)C1. The van der Waals surface area contributed by atoms with Gasteiger partial charge in [-0.1, -0.05) is 23.9 Å². The van der Waals surface area contributed by atoms with Gasteiger partial charge in [-0.05, 0) is 12.1 Å². The van der Waals surface area contributed by atoms with Crippen molar-refractivity contribution in [3.63, 3.8) is 0 Å². The molecule has 1 aromatic carbocycles. The van der Waals surface area contributed by atoms with E-state index in [9.17, 15) is 18.4 Å². The van der Waals surface area contributed by atoms with Gasteiger partial charge in [0.05, 0.1) is 5.69 Å². The highest BCUT2D eigenvalue weighted by Crippen LogP contribution is 2.34. The molecule has 0 saturated carbocycles. The van der Waals surface area contributed by atoms with Crippen LogP contribution in [0.1, 0.15) is 13.3 Å². The van der Waals surface area contributed by atoms with Gasteiger partial charge in [-0.25, -0.2) is 8.78 Å². The lowest BCUT2D eigenvalue weighted by atomic mass is 10.2. The fourth-order valence-corrected chi connectivity index (χ4v) is 3.10. The average molecular weight is 315 g/mol. The minimum atomic E-state index is -2.58. The molecule has 1 aliphatic heterocycles. The second-order valence-corrected chi connectivity index (χ2v) is 6.09. The molecule has 114 valence electrons. The molecule has 1 aromatic rings. The number of anilines is 1. The fourth-order valence-electron chi connectivity index (χ4n) is 2.18. The van der Waals surface area contributed by atoms with Crippen molar-refractivity contribution in [1.82, 2.24) is 0 Å². The van der Waals surface area contributed by atoms with Crippen LogP contribution in [-0.2, 0) is 9.59 Å². The third kappa shape index (κ3) is 4.17. The van der Waals surface area contributed by atoms with Gasteiger partial charge in [0, 0.05) is 25.1 Å². The van der Waals surface area contributed by atoms with Gasteiger partial charge >= 0.3 is 0 Å². The molecule has 2 rings (SSSR count). The molecular formula is C14H15F2NO3S. The summed E-state index contributed by atoms with van der Waals surface area (Å²) < 4.78 is 29.6. The number of amides is 1. The van der Waals surface area contributed by atoms with Gasteiger partial charge in [0.25, 0.3) is 6.43 Å². The molecule has 4 nitrogen and oxygen atoms in total. The zero-order valence-electron chi connectivity index (χ0n) is 11.4. The molecule has 0 spiro atoms. The van der Waals surface area contributed by atoms with Gasteiger partial charge in [-0.15, -0.1) is 0 Å². The normalized spacial score (nSPS) is 18.4. The van der Waals surface area contributed by atoms with E-state index < -0.39 is 13.0 Å². The molecule has 1 saturated heterocycles. The Hall–Kier alpha value is -1.63. The number of para-hydroxylation sites is 2. The summed E-state index contributed by atoms with van der Waals surface area (Å²) in [6, 6.07) is 6.58. The van der Waals surface area contributed by atoms with Crippen molar-refractivity contribution < 1.29 is 23.1 Å². The van der Waals surface area contributed by atoms with Crippen LogP contribution in [0.3, 0.4) is 0 Å². The van der Waals surface area contributed by atoms with E-state index in [2.05, 4.69) is 0 Å². The minimum Gasteiger partial charge on any atom is -0.485 e. The average Bonchev–Trinajstić information content (AvgIpc) is 2.76. The number of hydrogen-bond donors (Lipinski definition) is 0. The maximum Gasteiger partial charge on any atom is 0.272 e. The monoisotopic (exact) mass is 315 g/mol. The minimum absolute atomic E-state index is 0.0446. The van der Waals surface area contributed by atoms with E-state index in [0.29, 0.717) is 12.2 Å². The van der Waals surface area contributed by atoms with Gasteiger partial charge in [-0.2, -0.15) is 0 Å². The highest BCUT2D eigenvalue weighted by Gasteiger charge is 2.33. The second kappa shape index (κ2) is 6.89. The van der Waals surface area contributed by atoms with E-state index in [1.165, 1.54) is 11.8 Å². The van der Waals surface area contributed by atoms with Crippen molar-refractivity contribution in [1.29, 1.82) is 0 Å². The maximum absolute atomic E-state index is 12.3. The number of nitrogens with zero attached hydrogens (tertiary/aromatic N) is 1. The standard InChI is InChI=1S/C14H15F2NO3S/c1-9(18)21-10-6-14(19)17(7-10)11-4-2-3-5-12(11)20-8-13(15)16/h2-5,10,13H,6-8H2,1H3. The number of ether oxygens (including phenoxy) is 1. The first-order chi connectivity index (χ1) is 9.97. The van der Waals surface area contributed by atoms with Crippen LogP contribution in [0, 0.1) is 0 Å². The number of alkyl halides is 2. The number of thioether (sulfide) groups is 1. The molecule has 1 amide bonds. The topological polar surface area (TPSA) is 46.6 Å². The van der Waals surface area contributed by atoms with Gasteiger partial charge in [0.2, 0.25) is 5.91 Å². The summed E-state index contributed by atoms with van der Waals surface area (Å²) in [4.78, 5) is 24.7. The molecule has 1 atom stereocenters. The van der Waals surface area contributed by atoms with Gasteiger partial charge in [0.1, 0.15) is 12.4 Å². The maximum atomic E-state index is 12.3. The van der Waals surface area contributed by atoms with E-state index in [1.54, 1.807) is 24.3 Å². The van der Waals surface area contributed by atoms with E-state index in [4.69, 9.17) is 4.74 Å². The number of rotatable bonds is 5. The van der Waals surface area contributed by atoms with Crippen molar-refractivity contribution in [2.75, 3.05) is 18.1 Å². The zero-order chi connectivity index (χ0) is 15.4. The second-order valence-electron chi connectivity index (χ2n) is 4.61. The molecule has 1 heterocycles. The Morgan fingerprint density at radius 1 is 1.48 bits per heavy atom. The van der Waals surface area contributed by atoms with Crippen LogP contribution in [-0.4, -0.2) is 35.8 Å². The Morgan fingerprint density at radius 3 is 2.86 bits per heavy atom. The first kappa shape index (κ1) is 15.8. The van der Waals surface area contributed by atoms with Crippen molar-refractivity contribution in [3.8, 4) is 5.75 Å². The summed E-state index contributed by atoms with van der Waals surface area (Å²) in [5, 5.41) is -0.157. The molecule has 1 unspecified atom stereocenters. The summed E-state index contributed by atoms with van der Waals surface area (Å²) in [7, 11) is 0. The molecule has 0 aromatic heterocycles. The fraction of sp³-hybridized carbons (Fsp3) is 0.429. The highest BCUT2D eigenvalue weighted by molar-refractivity contribution is 8.14. The molecule has 0 bridgehead atoms. The van der Waals surface area contributed by atoms with Crippen LogP contribution in [0.15, 0.2) is 24.3 Å². The molecular weight excluding hydrogens is 300 g/mol. The lowest BCUT2D eigenvalue weighted by molar-refractivity contribution is -0.117. The third-order valence-corrected chi connectivity index (χ3v) is 3.92. The molecule has 0 radical (unpaired) electrons. The van der Waals surface area contributed by atoms with Crippen molar-refractivity contribution in [2.45, 2.75) is 25.0 Å². The van der Waals surface area contributed by atoms with Gasteiger partial charge in [-0.3, -0.25) is 9.59 Å². The van der Waals surface area contributed by atoms with Crippen LogP contribution in [0.25, 0.3) is 0 Å². The van der Waals surface area contributed by atoms with Crippen molar-refractivity contribution in [3.05, 3.63) is 24.3 Å². The lowest BCUT2D eigenvalue weighted by Gasteiger charge is -2.20. The molecule has 21 heavy (non-hydrogen) atoms. The predicted octanol–water partition coefficient (Wildman–Crippen LogP) is 2.72. The molecule has 1 aliphatic rings. The molecule has 7 heteroatoms. The van der Waals surface area contributed by atoms with Crippen LogP contribution in [0.4, 0.5) is 14.5 Å². The van der Waals surface area contributed by atoms with E-state index in [-0.39, 0.29) is 28.4 Å². The lowest BCUT2D eigenvalue weighted by Crippen LogP contribution is -2.25. The van der Waals surface area contributed by atoms with Crippen LogP contribution >= 0.6 is 11.8 Å². The van der Waals surface area contributed by atoms with E-state index in [1.807, 2.05) is 0 Å². The Kier molecular flexibility index (Phi) is 5.17. The number of hydrogen-bond acceptors (Lipinski definition) is 4. The van der Waals surface area contributed by atoms with Gasteiger partial charge < -0.3 is 9.64 Å².